The lowest BCUT2D eigenvalue weighted by molar-refractivity contribution is -0.135. The first-order chi connectivity index (χ1) is 8.49. The van der Waals surface area contributed by atoms with Gasteiger partial charge in [0.15, 0.2) is 0 Å². The van der Waals surface area contributed by atoms with Crippen LogP contribution in [0.15, 0.2) is 0 Å². The lowest BCUT2D eigenvalue weighted by Gasteiger charge is -2.30. The summed E-state index contributed by atoms with van der Waals surface area (Å²) in [6, 6.07) is 0. The maximum Gasteiger partial charge on any atom is 0.136 e. The molecule has 2 aliphatic carbocycles. The van der Waals surface area contributed by atoms with E-state index in [-0.39, 0.29) is 35.2 Å². The van der Waals surface area contributed by atoms with Crippen LogP contribution < -0.4 is 0 Å². The molecule has 0 unspecified atom stereocenters. The molecule has 0 aromatic heterocycles. The van der Waals surface area contributed by atoms with E-state index in [0.717, 1.165) is 19.3 Å². The van der Waals surface area contributed by atoms with Gasteiger partial charge in [0.1, 0.15) is 17.3 Å². The number of hydrogen-bond donors (Lipinski definition) is 0. The second-order valence-corrected chi connectivity index (χ2v) is 6.16. The van der Waals surface area contributed by atoms with Crippen LogP contribution in [0, 0.1) is 23.7 Å². The third-order valence-electron chi connectivity index (χ3n) is 4.52. The molecule has 2 aliphatic rings. The first kappa shape index (κ1) is 13.4. The number of hydrogen-bond acceptors (Lipinski definition) is 3. The highest BCUT2D eigenvalue weighted by atomic mass is 16.1. The van der Waals surface area contributed by atoms with Crippen molar-refractivity contribution in [2.24, 2.45) is 23.7 Å². The molecular formula is C15H22O3. The van der Waals surface area contributed by atoms with E-state index in [9.17, 15) is 14.4 Å². The Balaban J connectivity index is 2.25. The number of carbonyl (C=O) groups is 3. The standard InChI is InChI=1S/C15H22O3/c1-9-6-14(17)12-5-3-4-11(12)13(8-10(2)16)15(18)7-9/h9,11-13H,3-8H2,1-2H3/t9-,11-,12-,13+/m1/s1. The van der Waals surface area contributed by atoms with Gasteiger partial charge in [0.25, 0.3) is 0 Å². The summed E-state index contributed by atoms with van der Waals surface area (Å²) in [5.74, 6) is 0.734. The maximum absolute atomic E-state index is 12.3. The number of fused-ring (bicyclic) bond motifs is 1. The van der Waals surface area contributed by atoms with E-state index in [0.29, 0.717) is 25.0 Å². The van der Waals surface area contributed by atoms with Crippen molar-refractivity contribution >= 4 is 17.3 Å². The van der Waals surface area contributed by atoms with Crippen LogP contribution in [-0.2, 0) is 14.4 Å². The largest absolute Gasteiger partial charge is 0.300 e. The zero-order valence-electron chi connectivity index (χ0n) is 11.3. The summed E-state index contributed by atoms with van der Waals surface area (Å²) in [5.41, 5.74) is 0. The molecule has 18 heavy (non-hydrogen) atoms. The predicted octanol–water partition coefficient (Wildman–Crippen LogP) is 2.57. The van der Waals surface area contributed by atoms with Crippen molar-refractivity contribution in [3.63, 3.8) is 0 Å². The highest BCUT2D eigenvalue weighted by molar-refractivity contribution is 5.90. The third kappa shape index (κ3) is 2.70. The van der Waals surface area contributed by atoms with E-state index < -0.39 is 0 Å². The summed E-state index contributed by atoms with van der Waals surface area (Å²) in [7, 11) is 0. The second kappa shape index (κ2) is 5.33. The molecule has 3 heteroatoms. The lowest BCUT2D eigenvalue weighted by atomic mass is 9.71. The summed E-state index contributed by atoms with van der Waals surface area (Å²) in [6.07, 6.45) is 4.22. The third-order valence-corrected chi connectivity index (χ3v) is 4.52. The van der Waals surface area contributed by atoms with E-state index in [1.54, 1.807) is 6.92 Å². The molecule has 2 rings (SSSR count). The Hall–Kier alpha value is -0.990. The second-order valence-electron chi connectivity index (χ2n) is 6.16. The Bertz CT molecular complexity index is 372. The Morgan fingerprint density at radius 1 is 1.17 bits per heavy atom. The summed E-state index contributed by atoms with van der Waals surface area (Å²) >= 11 is 0. The smallest absolute Gasteiger partial charge is 0.136 e. The van der Waals surface area contributed by atoms with Gasteiger partial charge in [-0.05, 0) is 31.6 Å². The fourth-order valence-electron chi connectivity index (χ4n) is 3.75. The first-order valence-electron chi connectivity index (χ1n) is 7.04. The van der Waals surface area contributed by atoms with Gasteiger partial charge in [0.05, 0.1) is 0 Å². The molecule has 0 aromatic carbocycles. The Morgan fingerprint density at radius 2 is 1.83 bits per heavy atom. The SMILES string of the molecule is CC(=O)C[C@@H]1C(=O)C[C@H](C)CC(=O)[C@@H]2CCC[C@@H]12. The zero-order chi connectivity index (χ0) is 13.3. The van der Waals surface area contributed by atoms with Crippen LogP contribution in [0.1, 0.15) is 52.4 Å². The fourth-order valence-corrected chi connectivity index (χ4v) is 3.75. The molecule has 0 aromatic rings. The zero-order valence-corrected chi connectivity index (χ0v) is 11.3. The van der Waals surface area contributed by atoms with Crippen molar-refractivity contribution in [1.29, 1.82) is 0 Å². The van der Waals surface area contributed by atoms with Crippen molar-refractivity contribution in [1.82, 2.24) is 0 Å². The Morgan fingerprint density at radius 3 is 2.50 bits per heavy atom. The molecule has 2 saturated carbocycles. The normalized spacial score (nSPS) is 37.0. The molecule has 0 heterocycles. The molecular weight excluding hydrogens is 228 g/mol. The summed E-state index contributed by atoms with van der Waals surface area (Å²) in [5, 5.41) is 0. The van der Waals surface area contributed by atoms with Crippen LogP contribution in [0.2, 0.25) is 0 Å². The minimum Gasteiger partial charge on any atom is -0.300 e. The van der Waals surface area contributed by atoms with Gasteiger partial charge >= 0.3 is 0 Å². The maximum atomic E-state index is 12.3. The molecule has 0 radical (unpaired) electrons. The van der Waals surface area contributed by atoms with Crippen LogP contribution in [0.3, 0.4) is 0 Å². The molecule has 0 bridgehead atoms. The molecule has 0 amide bonds. The van der Waals surface area contributed by atoms with Gasteiger partial charge in [-0.3, -0.25) is 9.59 Å². The molecule has 0 N–H and O–H groups in total. The van der Waals surface area contributed by atoms with Crippen molar-refractivity contribution in [3.05, 3.63) is 0 Å². The van der Waals surface area contributed by atoms with Gasteiger partial charge in [-0.15, -0.1) is 0 Å². The van der Waals surface area contributed by atoms with E-state index in [1.807, 2.05) is 6.92 Å². The number of carbonyl (C=O) groups excluding carboxylic acids is 3. The molecule has 2 fully saturated rings. The molecule has 4 atom stereocenters. The quantitative estimate of drug-likeness (QED) is 0.756. The summed E-state index contributed by atoms with van der Waals surface area (Å²) < 4.78 is 0. The van der Waals surface area contributed by atoms with Crippen LogP contribution in [0.5, 0.6) is 0 Å². The molecule has 0 saturated heterocycles. The van der Waals surface area contributed by atoms with Gasteiger partial charge in [0.2, 0.25) is 0 Å². The van der Waals surface area contributed by atoms with Crippen molar-refractivity contribution in [3.8, 4) is 0 Å². The highest BCUT2D eigenvalue weighted by Gasteiger charge is 2.43. The molecule has 3 nitrogen and oxygen atoms in total. The number of rotatable bonds is 2. The first-order valence-corrected chi connectivity index (χ1v) is 7.04. The van der Waals surface area contributed by atoms with Crippen LogP contribution >= 0.6 is 0 Å². The topological polar surface area (TPSA) is 51.2 Å². The lowest BCUT2D eigenvalue weighted by Crippen LogP contribution is -2.35. The van der Waals surface area contributed by atoms with E-state index in [1.165, 1.54) is 0 Å². The van der Waals surface area contributed by atoms with Gasteiger partial charge < -0.3 is 4.79 Å². The minimum atomic E-state index is -0.193. The Kier molecular flexibility index (Phi) is 3.98. The minimum absolute atomic E-state index is 0.0426. The van der Waals surface area contributed by atoms with Gasteiger partial charge in [-0.2, -0.15) is 0 Å². The van der Waals surface area contributed by atoms with Gasteiger partial charge in [0, 0.05) is 31.1 Å². The van der Waals surface area contributed by atoms with E-state index in [2.05, 4.69) is 0 Å². The number of ketones is 3. The average Bonchev–Trinajstić information content (AvgIpc) is 2.72. The summed E-state index contributed by atoms with van der Waals surface area (Å²) in [6.45, 7) is 3.51. The average molecular weight is 250 g/mol. The Labute approximate surface area is 108 Å². The highest BCUT2D eigenvalue weighted by Crippen LogP contribution is 2.42. The molecule has 0 aliphatic heterocycles. The van der Waals surface area contributed by atoms with Crippen LogP contribution in [0.25, 0.3) is 0 Å². The van der Waals surface area contributed by atoms with E-state index >= 15 is 0 Å². The van der Waals surface area contributed by atoms with Crippen LogP contribution in [0.4, 0.5) is 0 Å². The fraction of sp³-hybridized carbons (Fsp3) is 0.800. The van der Waals surface area contributed by atoms with Crippen LogP contribution in [-0.4, -0.2) is 17.3 Å². The number of Topliss-reactive ketones (excluding diaryl/α,β-unsaturated/α-hetero) is 3. The van der Waals surface area contributed by atoms with E-state index in [4.69, 9.17) is 0 Å². The predicted molar refractivity (Wildman–Crippen MR) is 68.0 cm³/mol. The monoisotopic (exact) mass is 250 g/mol. The van der Waals surface area contributed by atoms with Crippen molar-refractivity contribution < 1.29 is 14.4 Å². The van der Waals surface area contributed by atoms with Gasteiger partial charge in [-0.25, -0.2) is 0 Å². The van der Waals surface area contributed by atoms with Crippen molar-refractivity contribution in [2.75, 3.05) is 0 Å². The van der Waals surface area contributed by atoms with Crippen molar-refractivity contribution in [2.45, 2.75) is 52.4 Å². The molecule has 0 spiro atoms. The van der Waals surface area contributed by atoms with Gasteiger partial charge in [-0.1, -0.05) is 13.3 Å². The molecule has 100 valence electrons. The summed E-state index contributed by atoms with van der Waals surface area (Å²) in [4.78, 5) is 35.9.